The number of pyridine rings is 1. The number of halogens is 1. The molecule has 158 valence electrons. The summed E-state index contributed by atoms with van der Waals surface area (Å²) in [6.07, 6.45) is 2.54. The molecule has 2 aromatic heterocycles. The number of amides is 1. The van der Waals surface area contributed by atoms with Crippen molar-refractivity contribution in [2.24, 2.45) is 0 Å². The smallest absolute Gasteiger partial charge is 0.255 e. The van der Waals surface area contributed by atoms with Gasteiger partial charge in [0.1, 0.15) is 5.75 Å². The zero-order valence-corrected chi connectivity index (χ0v) is 18.0. The van der Waals surface area contributed by atoms with Crippen molar-refractivity contribution in [1.29, 1.82) is 0 Å². The molecule has 0 spiro atoms. The van der Waals surface area contributed by atoms with Crippen LogP contribution in [0.15, 0.2) is 30.5 Å². The first kappa shape index (κ1) is 20.5. The third-order valence-electron chi connectivity index (χ3n) is 5.58. The van der Waals surface area contributed by atoms with E-state index < -0.39 is 0 Å². The van der Waals surface area contributed by atoms with Crippen LogP contribution in [0.2, 0.25) is 5.02 Å². The van der Waals surface area contributed by atoms with Crippen LogP contribution in [-0.2, 0) is 0 Å². The van der Waals surface area contributed by atoms with Gasteiger partial charge in [-0.2, -0.15) is 0 Å². The van der Waals surface area contributed by atoms with Crippen LogP contribution in [0.1, 0.15) is 39.8 Å². The van der Waals surface area contributed by atoms with Crippen LogP contribution < -0.4 is 10.1 Å². The predicted octanol–water partition coefficient (Wildman–Crippen LogP) is 3.60. The van der Waals surface area contributed by atoms with Gasteiger partial charge in [-0.25, -0.2) is 4.98 Å². The summed E-state index contributed by atoms with van der Waals surface area (Å²) in [6, 6.07) is 7.40. The molecule has 30 heavy (non-hydrogen) atoms. The highest BCUT2D eigenvalue weighted by Gasteiger charge is 2.26. The zero-order chi connectivity index (χ0) is 21.4. The molecule has 8 heteroatoms. The molecule has 7 nitrogen and oxygen atoms in total. The van der Waals surface area contributed by atoms with Crippen LogP contribution in [0.5, 0.6) is 5.75 Å². The maximum atomic E-state index is 12.9. The fraction of sp³-hybridized carbons (Fsp3) is 0.364. The van der Waals surface area contributed by atoms with E-state index in [-0.39, 0.29) is 25.1 Å². The number of nitrogens with zero attached hydrogens (tertiary/aromatic N) is 3. The second-order valence-electron chi connectivity index (χ2n) is 7.55. The average Bonchev–Trinajstić information content (AvgIpc) is 3.02. The van der Waals surface area contributed by atoms with Crippen molar-refractivity contribution < 1.29 is 14.6 Å². The van der Waals surface area contributed by atoms with Crippen LogP contribution in [0.3, 0.4) is 0 Å². The van der Waals surface area contributed by atoms with Gasteiger partial charge in [-0.3, -0.25) is 4.79 Å². The van der Waals surface area contributed by atoms with E-state index in [4.69, 9.17) is 21.3 Å². The number of hydrogen-bond donors (Lipinski definition) is 2. The summed E-state index contributed by atoms with van der Waals surface area (Å²) < 4.78 is 7.71. The van der Waals surface area contributed by atoms with Crippen LogP contribution in [0, 0.1) is 13.8 Å². The topological polar surface area (TPSA) is 79.1 Å². The lowest BCUT2D eigenvalue weighted by Gasteiger charge is -2.28. The van der Waals surface area contributed by atoms with E-state index in [2.05, 4.69) is 5.32 Å². The summed E-state index contributed by atoms with van der Waals surface area (Å²) in [5.41, 5.74) is 4.82. The van der Waals surface area contributed by atoms with Crippen LogP contribution in [0.25, 0.3) is 5.65 Å². The van der Waals surface area contributed by atoms with E-state index >= 15 is 0 Å². The lowest BCUT2D eigenvalue weighted by molar-refractivity contribution is 0.0766. The zero-order valence-electron chi connectivity index (χ0n) is 17.3. The molecule has 1 atom stereocenters. The Kier molecular flexibility index (Phi) is 5.58. The molecule has 0 radical (unpaired) electrons. The summed E-state index contributed by atoms with van der Waals surface area (Å²) >= 11 is 6.48. The van der Waals surface area contributed by atoms with Gasteiger partial charge in [0, 0.05) is 42.5 Å². The van der Waals surface area contributed by atoms with Gasteiger partial charge in [-0.05, 0) is 32.0 Å². The van der Waals surface area contributed by atoms with Crippen molar-refractivity contribution in [3.63, 3.8) is 0 Å². The molecule has 1 aliphatic rings. The molecule has 0 fully saturated rings. The minimum Gasteiger partial charge on any atom is -0.493 e. The lowest BCUT2D eigenvalue weighted by Crippen LogP contribution is -2.30. The van der Waals surface area contributed by atoms with Crippen molar-refractivity contribution in [2.75, 3.05) is 32.1 Å². The predicted molar refractivity (Wildman–Crippen MR) is 117 cm³/mol. The summed E-state index contributed by atoms with van der Waals surface area (Å²) in [5, 5.41) is 13.4. The number of aliphatic hydroxyl groups is 1. The number of ether oxygens (including phenoxy) is 1. The fourth-order valence-electron chi connectivity index (χ4n) is 3.81. The monoisotopic (exact) mass is 428 g/mol. The summed E-state index contributed by atoms with van der Waals surface area (Å²) in [7, 11) is 1.68. The quantitative estimate of drug-likeness (QED) is 0.649. The first-order valence-corrected chi connectivity index (χ1v) is 10.3. The molecule has 1 aromatic carbocycles. The SMILES string of the molecule is Cc1nc2c(NC3CCOc4cccc(Cl)c43)cc(C(=O)N(C)CCO)cn2c1C. The molecular formula is C22H25ClN4O3. The molecule has 1 amide bonds. The number of likely N-dealkylation sites (N-methyl/N-ethyl adjacent to an activating group) is 1. The molecule has 3 heterocycles. The Bertz CT molecular complexity index is 1110. The van der Waals surface area contributed by atoms with Gasteiger partial charge in [0.05, 0.1) is 36.2 Å². The van der Waals surface area contributed by atoms with Crippen LogP contribution in [-0.4, -0.2) is 52.1 Å². The second-order valence-corrected chi connectivity index (χ2v) is 7.96. The molecule has 0 saturated heterocycles. The first-order valence-electron chi connectivity index (χ1n) is 9.94. The summed E-state index contributed by atoms with van der Waals surface area (Å²) in [6.45, 7) is 4.68. The molecule has 3 aromatic rings. The number of anilines is 1. The Hall–Kier alpha value is -2.77. The fourth-order valence-corrected chi connectivity index (χ4v) is 4.11. The van der Waals surface area contributed by atoms with Gasteiger partial charge < -0.3 is 24.5 Å². The second kappa shape index (κ2) is 8.16. The van der Waals surface area contributed by atoms with Crippen molar-refractivity contribution in [2.45, 2.75) is 26.3 Å². The van der Waals surface area contributed by atoms with Gasteiger partial charge in [0.25, 0.3) is 5.91 Å². The van der Waals surface area contributed by atoms with E-state index in [1.54, 1.807) is 13.2 Å². The number of rotatable bonds is 5. The number of imidazole rings is 1. The number of aromatic nitrogens is 2. The number of aliphatic hydroxyl groups excluding tert-OH is 1. The van der Waals surface area contributed by atoms with E-state index in [0.29, 0.717) is 17.2 Å². The van der Waals surface area contributed by atoms with Crippen molar-refractivity contribution in [3.05, 3.63) is 58.0 Å². The van der Waals surface area contributed by atoms with E-state index in [1.807, 2.05) is 42.5 Å². The van der Waals surface area contributed by atoms with Gasteiger partial charge in [-0.1, -0.05) is 17.7 Å². The van der Waals surface area contributed by atoms with Crippen LogP contribution >= 0.6 is 11.6 Å². The van der Waals surface area contributed by atoms with Crippen molar-refractivity contribution in [3.8, 4) is 5.75 Å². The lowest BCUT2D eigenvalue weighted by atomic mass is 10.00. The number of aryl methyl sites for hydroxylation is 2. The van der Waals surface area contributed by atoms with Gasteiger partial charge in [-0.15, -0.1) is 0 Å². The number of nitrogens with one attached hydrogen (secondary N) is 1. The largest absolute Gasteiger partial charge is 0.493 e. The van der Waals surface area contributed by atoms with Crippen LogP contribution in [0.4, 0.5) is 5.69 Å². The molecule has 4 rings (SSSR count). The maximum Gasteiger partial charge on any atom is 0.255 e. The van der Waals surface area contributed by atoms with Gasteiger partial charge in [0.15, 0.2) is 5.65 Å². The molecule has 0 aliphatic carbocycles. The minimum atomic E-state index is -0.162. The highest BCUT2D eigenvalue weighted by Crippen LogP contribution is 2.39. The Balaban J connectivity index is 1.79. The molecule has 2 N–H and O–H groups in total. The molecule has 1 unspecified atom stereocenters. The average molecular weight is 429 g/mol. The highest BCUT2D eigenvalue weighted by molar-refractivity contribution is 6.31. The number of carbonyl (C=O) groups is 1. The number of benzene rings is 1. The van der Waals surface area contributed by atoms with E-state index in [9.17, 15) is 9.90 Å². The maximum absolute atomic E-state index is 12.9. The minimum absolute atomic E-state index is 0.0657. The van der Waals surface area contributed by atoms with E-state index in [1.165, 1.54) is 4.90 Å². The normalized spacial score (nSPS) is 15.6. The Morgan fingerprint density at radius 3 is 3.00 bits per heavy atom. The Morgan fingerprint density at radius 2 is 2.23 bits per heavy atom. The summed E-state index contributed by atoms with van der Waals surface area (Å²) in [5.74, 6) is 0.609. The Labute approximate surface area is 180 Å². The highest BCUT2D eigenvalue weighted by atomic mass is 35.5. The first-order chi connectivity index (χ1) is 14.4. The molecule has 0 saturated carbocycles. The third kappa shape index (κ3) is 3.59. The molecule has 0 bridgehead atoms. The van der Waals surface area contributed by atoms with E-state index in [0.717, 1.165) is 40.5 Å². The standard InChI is InChI=1S/C22H25ClN4O3/c1-13-14(2)27-12-15(22(29)26(3)8-9-28)11-18(21(27)24-13)25-17-7-10-30-19-6-4-5-16(23)20(17)19/h4-6,11-12,17,25,28H,7-10H2,1-3H3. The third-order valence-corrected chi connectivity index (χ3v) is 5.91. The number of carbonyl (C=O) groups excluding carboxylic acids is 1. The molecular weight excluding hydrogens is 404 g/mol. The Morgan fingerprint density at radius 1 is 1.43 bits per heavy atom. The van der Waals surface area contributed by atoms with Crippen molar-refractivity contribution in [1.82, 2.24) is 14.3 Å². The summed E-state index contributed by atoms with van der Waals surface area (Å²) in [4.78, 5) is 19.1. The van der Waals surface area contributed by atoms with Gasteiger partial charge >= 0.3 is 0 Å². The number of hydrogen-bond acceptors (Lipinski definition) is 5. The van der Waals surface area contributed by atoms with Gasteiger partial charge in [0.2, 0.25) is 0 Å². The van der Waals surface area contributed by atoms with Crippen molar-refractivity contribution >= 4 is 28.8 Å². The molecule has 1 aliphatic heterocycles. The number of fused-ring (bicyclic) bond motifs is 2.